The van der Waals surface area contributed by atoms with Crippen LogP contribution in [0.4, 0.5) is 35.9 Å². The van der Waals surface area contributed by atoms with E-state index < -0.39 is 23.0 Å². The van der Waals surface area contributed by atoms with Gasteiger partial charge < -0.3 is 15.1 Å². The number of amides is 1. The Kier molecular flexibility index (Phi) is 5.32. The van der Waals surface area contributed by atoms with Crippen LogP contribution in [0.5, 0.6) is 0 Å². The van der Waals surface area contributed by atoms with E-state index in [-0.39, 0.29) is 18.2 Å². The second-order valence-electron chi connectivity index (χ2n) is 7.56. The summed E-state index contributed by atoms with van der Waals surface area (Å²) in [4.78, 5) is 26.3. The fraction of sp³-hybridized carbons (Fsp3) is 0.350. The Bertz CT molecular complexity index is 1060. The maximum atomic E-state index is 12.8. The van der Waals surface area contributed by atoms with Crippen molar-refractivity contribution in [3.8, 4) is 0 Å². The lowest BCUT2D eigenvalue weighted by atomic mass is 9.90. The van der Waals surface area contributed by atoms with Gasteiger partial charge in [0, 0.05) is 47.5 Å². The van der Waals surface area contributed by atoms with Gasteiger partial charge in [0.05, 0.1) is 22.3 Å². The number of anilines is 3. The van der Waals surface area contributed by atoms with Crippen molar-refractivity contribution < 1.29 is 22.9 Å². The lowest BCUT2D eigenvalue weighted by Gasteiger charge is -2.41. The highest BCUT2D eigenvalue weighted by atomic mass is 79.9. The molecule has 11 heteroatoms. The van der Waals surface area contributed by atoms with E-state index in [0.29, 0.717) is 18.7 Å². The summed E-state index contributed by atoms with van der Waals surface area (Å²) in [6.07, 6.45) is -4.36. The van der Waals surface area contributed by atoms with E-state index >= 15 is 0 Å². The predicted octanol–water partition coefficient (Wildman–Crippen LogP) is 4.83. The molecule has 0 radical (unpaired) electrons. The van der Waals surface area contributed by atoms with Gasteiger partial charge in [-0.1, -0.05) is 22.0 Å². The van der Waals surface area contributed by atoms with Crippen LogP contribution < -0.4 is 15.1 Å². The number of alkyl halides is 3. The number of nitrogens with one attached hydrogen (secondary N) is 1. The largest absolute Gasteiger partial charge is 0.471 e. The third kappa shape index (κ3) is 3.82. The molecule has 1 saturated heterocycles. The number of fused-ring (bicyclic) bond motifs is 5. The number of carbonyl (C=O) groups excluding carboxylic acids is 1. The lowest BCUT2D eigenvalue weighted by Crippen LogP contribution is -2.49. The van der Waals surface area contributed by atoms with Crippen LogP contribution in [0.1, 0.15) is 24.4 Å². The van der Waals surface area contributed by atoms with Crippen molar-refractivity contribution in [1.82, 2.24) is 5.32 Å². The van der Waals surface area contributed by atoms with E-state index in [1.165, 1.54) is 12.1 Å². The van der Waals surface area contributed by atoms with Crippen LogP contribution in [-0.2, 0) is 4.79 Å². The van der Waals surface area contributed by atoms with Crippen LogP contribution in [-0.4, -0.2) is 36.6 Å². The highest BCUT2D eigenvalue weighted by Gasteiger charge is 2.43. The third-order valence-corrected chi connectivity index (χ3v) is 6.45. The number of rotatable bonds is 2. The van der Waals surface area contributed by atoms with Gasteiger partial charge in [0.1, 0.15) is 0 Å². The quantitative estimate of drug-likeness (QED) is 0.474. The maximum absolute atomic E-state index is 12.8. The first kappa shape index (κ1) is 21.4. The Morgan fingerprint density at radius 3 is 2.65 bits per heavy atom. The van der Waals surface area contributed by atoms with Gasteiger partial charge in [-0.2, -0.15) is 13.2 Å². The second kappa shape index (κ2) is 7.70. The summed E-state index contributed by atoms with van der Waals surface area (Å²) in [5.74, 6) is -1.94. The Labute approximate surface area is 184 Å². The van der Waals surface area contributed by atoms with Gasteiger partial charge in [0.15, 0.2) is 0 Å². The molecular formula is C20H18BrF3N4O3. The van der Waals surface area contributed by atoms with Gasteiger partial charge in [0.2, 0.25) is 0 Å². The zero-order chi connectivity index (χ0) is 22.5. The van der Waals surface area contributed by atoms with Crippen molar-refractivity contribution in [2.75, 3.05) is 23.4 Å². The first-order valence-corrected chi connectivity index (χ1v) is 10.3. The Balaban J connectivity index is 1.79. The van der Waals surface area contributed by atoms with Gasteiger partial charge >= 0.3 is 12.1 Å². The molecule has 0 aromatic heterocycles. The molecule has 7 nitrogen and oxygen atoms in total. The van der Waals surface area contributed by atoms with Crippen LogP contribution in [0.2, 0.25) is 0 Å². The minimum atomic E-state index is -4.94. The molecule has 0 saturated carbocycles. The molecule has 2 aromatic carbocycles. The molecule has 1 amide bonds. The van der Waals surface area contributed by atoms with Gasteiger partial charge in [-0.15, -0.1) is 0 Å². The first-order chi connectivity index (χ1) is 14.6. The van der Waals surface area contributed by atoms with Crippen LogP contribution in [0.25, 0.3) is 0 Å². The number of halogens is 4. The summed E-state index contributed by atoms with van der Waals surface area (Å²) in [5, 5.41) is 13.4. The van der Waals surface area contributed by atoms with Gasteiger partial charge in [0.25, 0.3) is 5.69 Å². The predicted molar refractivity (Wildman–Crippen MR) is 113 cm³/mol. The SMILES string of the molecule is CN1c2cc([N+](=O)[O-])ccc2N2CC[C@H](NC(=O)C(F)(F)F)C[C@H]2c2c(Br)cccc21. The smallest absolute Gasteiger partial charge is 0.363 e. The summed E-state index contributed by atoms with van der Waals surface area (Å²) >= 11 is 3.56. The highest BCUT2D eigenvalue weighted by Crippen LogP contribution is 2.50. The number of piperidine rings is 1. The van der Waals surface area contributed by atoms with E-state index in [4.69, 9.17) is 0 Å². The summed E-state index contributed by atoms with van der Waals surface area (Å²) < 4.78 is 39.1. The van der Waals surface area contributed by atoms with Crippen molar-refractivity contribution in [3.05, 3.63) is 56.5 Å². The first-order valence-electron chi connectivity index (χ1n) is 9.53. The molecule has 164 valence electrons. The molecule has 1 N–H and O–H groups in total. The molecule has 0 aliphatic carbocycles. The normalized spacial score (nSPS) is 20.3. The molecule has 2 aromatic rings. The van der Waals surface area contributed by atoms with E-state index in [9.17, 15) is 28.1 Å². The molecule has 0 bridgehead atoms. The van der Waals surface area contributed by atoms with E-state index in [1.807, 2.05) is 28.0 Å². The van der Waals surface area contributed by atoms with Gasteiger partial charge in [-0.25, -0.2) is 0 Å². The van der Waals surface area contributed by atoms with Crippen molar-refractivity contribution in [2.24, 2.45) is 0 Å². The summed E-state index contributed by atoms with van der Waals surface area (Å²) in [6.45, 7) is 0.382. The molecule has 0 unspecified atom stereocenters. The second-order valence-corrected chi connectivity index (χ2v) is 8.42. The van der Waals surface area contributed by atoms with Gasteiger partial charge in [-0.3, -0.25) is 14.9 Å². The molecule has 2 heterocycles. The Hall–Kier alpha value is -2.82. The lowest BCUT2D eigenvalue weighted by molar-refractivity contribution is -0.384. The number of carbonyl (C=O) groups is 1. The zero-order valence-corrected chi connectivity index (χ0v) is 17.9. The average Bonchev–Trinajstić information content (AvgIpc) is 2.81. The fourth-order valence-corrected chi connectivity index (χ4v) is 4.96. The van der Waals surface area contributed by atoms with Crippen molar-refractivity contribution in [3.63, 3.8) is 0 Å². The molecule has 1 fully saturated rings. The number of benzene rings is 2. The molecule has 0 spiro atoms. The van der Waals surface area contributed by atoms with Crippen molar-refractivity contribution >= 4 is 44.6 Å². The fourth-order valence-electron chi connectivity index (χ4n) is 4.34. The van der Waals surface area contributed by atoms with Crippen molar-refractivity contribution in [2.45, 2.75) is 31.1 Å². The number of non-ortho nitro benzene ring substituents is 1. The molecule has 2 aliphatic heterocycles. The minimum absolute atomic E-state index is 0.0482. The van der Waals surface area contributed by atoms with Crippen molar-refractivity contribution in [1.29, 1.82) is 0 Å². The van der Waals surface area contributed by atoms with Crippen LogP contribution >= 0.6 is 15.9 Å². The molecule has 2 atom stereocenters. The topological polar surface area (TPSA) is 78.7 Å². The van der Waals surface area contributed by atoms with E-state index in [2.05, 4.69) is 21.2 Å². The standard InChI is InChI=1S/C20H18BrF3N4O3/c1-26-15-4-2-3-13(21)18(15)17-9-11(25-19(29)20(22,23)24)7-8-27(17)14-6-5-12(28(30)31)10-16(14)26/h2-6,10-11,17H,7-9H2,1H3,(H,25,29)/t11-,17-/m0/s1. The van der Waals surface area contributed by atoms with Crippen LogP contribution in [0, 0.1) is 10.1 Å². The number of nitrogens with zero attached hydrogens (tertiary/aromatic N) is 3. The number of nitro groups is 1. The maximum Gasteiger partial charge on any atom is 0.471 e. The van der Waals surface area contributed by atoms with E-state index in [0.717, 1.165) is 21.4 Å². The summed E-state index contributed by atoms with van der Waals surface area (Å²) in [7, 11) is 1.80. The monoisotopic (exact) mass is 498 g/mol. The Morgan fingerprint density at radius 1 is 1.23 bits per heavy atom. The highest BCUT2D eigenvalue weighted by molar-refractivity contribution is 9.10. The van der Waals surface area contributed by atoms with Gasteiger partial charge in [-0.05, 0) is 31.0 Å². The average molecular weight is 499 g/mol. The molecule has 2 aliphatic rings. The number of hydrogen-bond acceptors (Lipinski definition) is 5. The van der Waals surface area contributed by atoms with Crippen LogP contribution in [0.15, 0.2) is 40.9 Å². The molecule has 31 heavy (non-hydrogen) atoms. The minimum Gasteiger partial charge on any atom is -0.363 e. The molecular weight excluding hydrogens is 481 g/mol. The summed E-state index contributed by atoms with van der Waals surface area (Å²) in [6, 6.07) is 9.16. The Morgan fingerprint density at radius 2 is 1.97 bits per heavy atom. The van der Waals surface area contributed by atoms with E-state index in [1.54, 1.807) is 13.1 Å². The zero-order valence-electron chi connectivity index (χ0n) is 16.3. The number of nitro benzene ring substituents is 1. The summed E-state index contributed by atoms with van der Waals surface area (Å²) in [5.41, 5.74) is 2.98. The van der Waals surface area contributed by atoms with Crippen LogP contribution in [0.3, 0.4) is 0 Å². The molecule has 4 rings (SSSR count). The number of hydrogen-bond donors (Lipinski definition) is 1. The third-order valence-electron chi connectivity index (χ3n) is 5.76.